The predicted molar refractivity (Wildman–Crippen MR) is 62.1 cm³/mol. The lowest BCUT2D eigenvalue weighted by Gasteiger charge is -2.01. The molecular weight excluding hydrogens is 210 g/mol. The molecule has 0 aromatic heterocycles. The summed E-state index contributed by atoms with van der Waals surface area (Å²) in [5.74, 6) is 0.850. The molecule has 4 heteroatoms. The molecule has 0 spiro atoms. The van der Waals surface area contributed by atoms with Crippen molar-refractivity contribution in [2.45, 2.75) is 13.3 Å². The molecule has 0 radical (unpaired) electrons. The smallest absolute Gasteiger partial charge is 0.253 e. The molecule has 0 atom stereocenters. The zero-order valence-electron chi connectivity index (χ0n) is 8.69. The van der Waals surface area contributed by atoms with Crippen molar-refractivity contribution in [3.8, 4) is 0 Å². The van der Waals surface area contributed by atoms with E-state index in [1.165, 1.54) is 22.9 Å². The van der Waals surface area contributed by atoms with Crippen LogP contribution in [0.1, 0.15) is 11.1 Å². The quantitative estimate of drug-likeness (QED) is 0.456. The first-order valence-corrected chi connectivity index (χ1v) is 5.94. The van der Waals surface area contributed by atoms with E-state index in [1.54, 1.807) is 5.48 Å². The van der Waals surface area contributed by atoms with Crippen LogP contribution in [0.2, 0.25) is 0 Å². The Morgan fingerprint density at radius 3 is 2.67 bits per heavy atom. The van der Waals surface area contributed by atoms with Crippen molar-refractivity contribution < 1.29 is 10.0 Å². The molecule has 0 aliphatic rings. The van der Waals surface area contributed by atoms with Crippen LogP contribution in [0.25, 0.3) is 0 Å². The summed E-state index contributed by atoms with van der Waals surface area (Å²) in [4.78, 5) is 10.7. The molecule has 3 nitrogen and oxygen atoms in total. The monoisotopic (exact) mass is 225 g/mol. The van der Waals surface area contributed by atoms with E-state index in [2.05, 4.69) is 31.2 Å². The van der Waals surface area contributed by atoms with E-state index in [9.17, 15) is 4.79 Å². The maximum atomic E-state index is 10.7. The van der Waals surface area contributed by atoms with E-state index in [1.807, 2.05) is 0 Å². The zero-order valence-corrected chi connectivity index (χ0v) is 9.51. The third kappa shape index (κ3) is 4.85. The van der Waals surface area contributed by atoms with Crippen molar-refractivity contribution >= 4 is 17.7 Å². The van der Waals surface area contributed by atoms with Gasteiger partial charge in [0.25, 0.3) is 5.91 Å². The molecule has 0 aliphatic carbocycles. The van der Waals surface area contributed by atoms with Gasteiger partial charge in [0.15, 0.2) is 0 Å². The average molecular weight is 225 g/mol. The van der Waals surface area contributed by atoms with Gasteiger partial charge in [-0.05, 0) is 24.7 Å². The SMILES string of the molecule is Cc1ccc(CCSCC(=O)NO)cc1. The van der Waals surface area contributed by atoms with Gasteiger partial charge in [-0.3, -0.25) is 10.0 Å². The fourth-order valence-corrected chi connectivity index (χ4v) is 1.92. The van der Waals surface area contributed by atoms with Crippen molar-refractivity contribution in [3.05, 3.63) is 35.4 Å². The highest BCUT2D eigenvalue weighted by Crippen LogP contribution is 2.08. The highest BCUT2D eigenvalue weighted by atomic mass is 32.2. The number of hydrogen-bond acceptors (Lipinski definition) is 3. The number of carbonyl (C=O) groups is 1. The lowest BCUT2D eigenvalue weighted by Crippen LogP contribution is -2.20. The minimum Gasteiger partial charge on any atom is -0.289 e. The summed E-state index contributed by atoms with van der Waals surface area (Å²) < 4.78 is 0. The fraction of sp³-hybridized carbons (Fsp3) is 0.364. The Morgan fingerprint density at radius 1 is 1.40 bits per heavy atom. The first kappa shape index (κ1) is 12.1. The minimum atomic E-state index is -0.344. The highest BCUT2D eigenvalue weighted by molar-refractivity contribution is 7.99. The van der Waals surface area contributed by atoms with E-state index in [4.69, 9.17) is 5.21 Å². The van der Waals surface area contributed by atoms with Crippen molar-refractivity contribution in [2.75, 3.05) is 11.5 Å². The van der Waals surface area contributed by atoms with Gasteiger partial charge in [-0.15, -0.1) is 0 Å². The molecule has 1 aromatic carbocycles. The Balaban J connectivity index is 2.20. The zero-order chi connectivity index (χ0) is 11.1. The van der Waals surface area contributed by atoms with Crippen LogP contribution >= 0.6 is 11.8 Å². The third-order valence-corrected chi connectivity index (χ3v) is 2.97. The number of rotatable bonds is 5. The molecule has 0 saturated heterocycles. The maximum Gasteiger partial charge on any atom is 0.253 e. The van der Waals surface area contributed by atoms with Gasteiger partial charge < -0.3 is 0 Å². The number of carbonyl (C=O) groups excluding carboxylic acids is 1. The van der Waals surface area contributed by atoms with Crippen LogP contribution in [0, 0.1) is 6.92 Å². The lowest BCUT2D eigenvalue weighted by atomic mass is 10.1. The molecule has 82 valence electrons. The van der Waals surface area contributed by atoms with Gasteiger partial charge in [0.1, 0.15) is 0 Å². The molecule has 15 heavy (non-hydrogen) atoms. The largest absolute Gasteiger partial charge is 0.289 e. The summed E-state index contributed by atoms with van der Waals surface area (Å²) >= 11 is 1.51. The second-order valence-corrected chi connectivity index (χ2v) is 4.43. The van der Waals surface area contributed by atoms with Crippen LogP contribution in [-0.2, 0) is 11.2 Å². The van der Waals surface area contributed by atoms with Gasteiger partial charge in [-0.25, -0.2) is 5.48 Å². The molecular formula is C11H15NO2S. The fourth-order valence-electron chi connectivity index (χ4n) is 1.14. The predicted octanol–water partition coefficient (Wildman–Crippen LogP) is 1.78. The van der Waals surface area contributed by atoms with Crippen LogP contribution in [0.3, 0.4) is 0 Å². The number of amides is 1. The van der Waals surface area contributed by atoms with Crippen LogP contribution in [0.4, 0.5) is 0 Å². The van der Waals surface area contributed by atoms with Gasteiger partial charge in [0.2, 0.25) is 0 Å². The second-order valence-electron chi connectivity index (χ2n) is 3.32. The molecule has 0 unspecified atom stereocenters. The highest BCUT2D eigenvalue weighted by Gasteiger charge is 1.99. The number of nitrogens with one attached hydrogen (secondary N) is 1. The third-order valence-electron chi connectivity index (χ3n) is 2.01. The Hall–Kier alpha value is -1.00. The number of thioether (sulfide) groups is 1. The van der Waals surface area contributed by atoms with Crippen molar-refractivity contribution in [3.63, 3.8) is 0 Å². The van der Waals surface area contributed by atoms with E-state index >= 15 is 0 Å². The minimum absolute atomic E-state index is 0.308. The average Bonchev–Trinajstić information content (AvgIpc) is 2.26. The Bertz CT molecular complexity index is 311. The Morgan fingerprint density at radius 2 is 2.07 bits per heavy atom. The second kappa shape index (κ2) is 6.48. The molecule has 0 bridgehead atoms. The van der Waals surface area contributed by atoms with Crippen molar-refractivity contribution in [2.24, 2.45) is 0 Å². The summed E-state index contributed by atoms with van der Waals surface area (Å²) in [5.41, 5.74) is 4.14. The summed E-state index contributed by atoms with van der Waals surface area (Å²) in [6, 6.07) is 8.37. The number of hydrogen-bond donors (Lipinski definition) is 2. The summed E-state index contributed by atoms with van der Waals surface area (Å²) in [6.45, 7) is 2.06. The van der Waals surface area contributed by atoms with Gasteiger partial charge in [0.05, 0.1) is 5.75 Å². The van der Waals surface area contributed by atoms with Crippen molar-refractivity contribution in [1.82, 2.24) is 5.48 Å². The summed E-state index contributed by atoms with van der Waals surface area (Å²) in [5, 5.41) is 8.27. The van der Waals surface area contributed by atoms with Crippen LogP contribution in [0.5, 0.6) is 0 Å². The molecule has 1 aromatic rings. The number of benzene rings is 1. The lowest BCUT2D eigenvalue weighted by molar-refractivity contribution is -0.126. The van der Waals surface area contributed by atoms with Crippen LogP contribution in [0.15, 0.2) is 24.3 Å². The standard InChI is InChI=1S/C11H15NO2S/c1-9-2-4-10(5-3-9)6-7-15-8-11(13)12-14/h2-5,14H,6-8H2,1H3,(H,12,13). The number of aryl methyl sites for hydroxylation is 2. The molecule has 1 rings (SSSR count). The van der Waals surface area contributed by atoms with E-state index < -0.39 is 0 Å². The Labute approximate surface area is 93.8 Å². The summed E-state index contributed by atoms with van der Waals surface area (Å²) in [6.07, 6.45) is 0.948. The first-order chi connectivity index (χ1) is 7.22. The van der Waals surface area contributed by atoms with Gasteiger partial charge >= 0.3 is 0 Å². The normalized spacial score (nSPS) is 10.0. The molecule has 0 aliphatic heterocycles. The molecule has 0 heterocycles. The van der Waals surface area contributed by atoms with Crippen LogP contribution < -0.4 is 5.48 Å². The first-order valence-electron chi connectivity index (χ1n) is 4.78. The van der Waals surface area contributed by atoms with Gasteiger partial charge in [0, 0.05) is 0 Å². The van der Waals surface area contributed by atoms with E-state index in [0.717, 1.165) is 12.2 Å². The molecule has 2 N–H and O–H groups in total. The summed E-state index contributed by atoms with van der Waals surface area (Å²) in [7, 11) is 0. The topological polar surface area (TPSA) is 49.3 Å². The number of hydroxylamine groups is 1. The van der Waals surface area contributed by atoms with Crippen molar-refractivity contribution in [1.29, 1.82) is 0 Å². The molecule has 1 amide bonds. The van der Waals surface area contributed by atoms with Crippen LogP contribution in [-0.4, -0.2) is 22.6 Å². The van der Waals surface area contributed by atoms with Gasteiger partial charge in [-0.1, -0.05) is 29.8 Å². The van der Waals surface area contributed by atoms with E-state index in [-0.39, 0.29) is 5.91 Å². The maximum absolute atomic E-state index is 10.7. The van der Waals surface area contributed by atoms with Gasteiger partial charge in [-0.2, -0.15) is 11.8 Å². The Kier molecular flexibility index (Phi) is 5.21. The molecule has 0 saturated carbocycles. The van der Waals surface area contributed by atoms with E-state index in [0.29, 0.717) is 5.75 Å². The molecule has 0 fully saturated rings.